The number of fused-ring (bicyclic) bond motifs is 1. The van der Waals surface area contributed by atoms with Crippen LogP contribution in [0.5, 0.6) is 0 Å². The third kappa shape index (κ3) is 6.09. The molecule has 0 aliphatic carbocycles. The lowest BCUT2D eigenvalue weighted by molar-refractivity contribution is -0.0453. The highest BCUT2D eigenvalue weighted by Crippen LogP contribution is 2.37. The first-order valence-electron chi connectivity index (χ1n) is 11.4. The van der Waals surface area contributed by atoms with Crippen molar-refractivity contribution in [2.24, 2.45) is 10.9 Å². The number of hydrogen-bond donors (Lipinski definition) is 2. The molecule has 8 heteroatoms. The van der Waals surface area contributed by atoms with E-state index in [9.17, 15) is 0 Å². The Kier molecular flexibility index (Phi) is 9.68. The number of ether oxygens (including phenoxy) is 1. The Morgan fingerprint density at radius 2 is 2.13 bits per heavy atom. The van der Waals surface area contributed by atoms with Crippen LogP contribution in [-0.4, -0.2) is 80.8 Å². The minimum Gasteiger partial charge on any atom is -0.373 e. The summed E-state index contributed by atoms with van der Waals surface area (Å²) in [5.74, 6) is 1.50. The van der Waals surface area contributed by atoms with Crippen molar-refractivity contribution >= 4 is 41.3 Å². The van der Waals surface area contributed by atoms with E-state index in [0.717, 1.165) is 38.7 Å². The van der Waals surface area contributed by atoms with Gasteiger partial charge < -0.3 is 15.4 Å². The molecule has 4 atom stereocenters. The lowest BCUT2D eigenvalue weighted by Gasteiger charge is -2.38. The van der Waals surface area contributed by atoms with Gasteiger partial charge in [-0.2, -0.15) is 0 Å². The molecule has 1 aromatic rings. The standard InChI is InChI=1S/C22H37N5OS.HI/c1-3-23-22(25-14-19-15-27-11-5-8-18(27)16-28-19)24-13-17-7-4-10-26(2)21(17)20-9-6-12-29-20;/h6,9,12,17-19,21H,3-5,7-8,10-11,13-16H2,1-2H3,(H2,23,24,25);1H. The Morgan fingerprint density at radius 1 is 1.27 bits per heavy atom. The maximum atomic E-state index is 6.10. The molecule has 0 saturated carbocycles. The summed E-state index contributed by atoms with van der Waals surface area (Å²) in [6.45, 7) is 9.05. The molecule has 4 unspecified atom stereocenters. The SMILES string of the molecule is CCNC(=NCC1CCCN(C)C1c1cccs1)NCC1CN2CCCC2CO1.I. The average Bonchev–Trinajstić information content (AvgIpc) is 3.41. The fourth-order valence-electron chi connectivity index (χ4n) is 5.13. The predicted molar refractivity (Wildman–Crippen MR) is 136 cm³/mol. The summed E-state index contributed by atoms with van der Waals surface area (Å²) in [6, 6.07) is 5.60. The number of halogens is 1. The highest BCUT2D eigenvalue weighted by Gasteiger charge is 2.33. The second-order valence-corrected chi connectivity index (χ2v) is 9.67. The van der Waals surface area contributed by atoms with Crippen molar-refractivity contribution in [1.82, 2.24) is 20.4 Å². The topological polar surface area (TPSA) is 52.1 Å². The molecule has 4 heterocycles. The number of morpholine rings is 1. The highest BCUT2D eigenvalue weighted by atomic mass is 127. The van der Waals surface area contributed by atoms with Gasteiger partial charge in [-0.25, -0.2) is 0 Å². The number of thiophene rings is 1. The van der Waals surface area contributed by atoms with Crippen LogP contribution in [0.15, 0.2) is 22.5 Å². The van der Waals surface area contributed by atoms with Gasteiger partial charge in [-0.05, 0) is 70.1 Å². The number of hydrogen-bond acceptors (Lipinski definition) is 5. The molecule has 4 rings (SSSR count). The largest absolute Gasteiger partial charge is 0.373 e. The van der Waals surface area contributed by atoms with Crippen LogP contribution < -0.4 is 10.6 Å². The molecule has 3 aliphatic rings. The van der Waals surface area contributed by atoms with Gasteiger partial charge in [0.25, 0.3) is 0 Å². The van der Waals surface area contributed by atoms with Crippen LogP contribution in [-0.2, 0) is 4.74 Å². The summed E-state index contributed by atoms with van der Waals surface area (Å²) in [6.07, 6.45) is 5.38. The first-order chi connectivity index (χ1) is 14.2. The lowest BCUT2D eigenvalue weighted by Crippen LogP contribution is -2.51. The minimum atomic E-state index is 0. The van der Waals surface area contributed by atoms with Crippen LogP contribution in [0.4, 0.5) is 0 Å². The Morgan fingerprint density at radius 3 is 2.93 bits per heavy atom. The normalized spacial score (nSPS) is 30.5. The van der Waals surface area contributed by atoms with E-state index in [4.69, 9.17) is 9.73 Å². The number of likely N-dealkylation sites (tertiary alicyclic amines) is 1. The minimum absolute atomic E-state index is 0. The molecule has 3 fully saturated rings. The van der Waals surface area contributed by atoms with E-state index < -0.39 is 0 Å². The maximum absolute atomic E-state index is 6.10. The third-order valence-electron chi connectivity index (χ3n) is 6.63. The number of aliphatic imine (C=N–C) groups is 1. The maximum Gasteiger partial charge on any atom is 0.191 e. The second-order valence-electron chi connectivity index (χ2n) is 8.69. The molecule has 3 saturated heterocycles. The molecule has 0 radical (unpaired) electrons. The van der Waals surface area contributed by atoms with Crippen LogP contribution in [0.3, 0.4) is 0 Å². The smallest absolute Gasteiger partial charge is 0.191 e. The van der Waals surface area contributed by atoms with E-state index in [0.29, 0.717) is 18.0 Å². The Balaban J connectivity index is 0.00000256. The quantitative estimate of drug-likeness (QED) is 0.326. The van der Waals surface area contributed by atoms with Gasteiger partial charge in [-0.1, -0.05) is 6.07 Å². The van der Waals surface area contributed by atoms with Gasteiger partial charge in [-0.15, -0.1) is 35.3 Å². The number of piperidine rings is 1. The van der Waals surface area contributed by atoms with E-state index in [1.165, 1.54) is 43.6 Å². The van der Waals surface area contributed by atoms with Gasteiger partial charge in [0.2, 0.25) is 0 Å². The molecule has 0 amide bonds. The van der Waals surface area contributed by atoms with E-state index in [1.807, 2.05) is 11.3 Å². The van der Waals surface area contributed by atoms with Crippen molar-refractivity contribution in [3.05, 3.63) is 22.4 Å². The van der Waals surface area contributed by atoms with Crippen LogP contribution in [0.25, 0.3) is 0 Å². The summed E-state index contributed by atoms with van der Waals surface area (Å²) >= 11 is 1.88. The Labute approximate surface area is 202 Å². The zero-order valence-corrected chi connectivity index (χ0v) is 21.5. The van der Waals surface area contributed by atoms with E-state index in [-0.39, 0.29) is 30.1 Å². The fourth-order valence-corrected chi connectivity index (χ4v) is 6.11. The van der Waals surface area contributed by atoms with Crippen LogP contribution in [0, 0.1) is 5.92 Å². The molecule has 0 aromatic carbocycles. The number of guanidine groups is 1. The van der Waals surface area contributed by atoms with Crippen LogP contribution >= 0.6 is 35.3 Å². The number of nitrogens with zero attached hydrogens (tertiary/aromatic N) is 3. The molecule has 2 N–H and O–H groups in total. The average molecular weight is 548 g/mol. The van der Waals surface area contributed by atoms with Crippen LogP contribution in [0.2, 0.25) is 0 Å². The molecule has 30 heavy (non-hydrogen) atoms. The van der Waals surface area contributed by atoms with E-state index in [2.05, 4.69) is 51.9 Å². The van der Waals surface area contributed by atoms with Crippen molar-refractivity contribution in [2.45, 2.75) is 50.8 Å². The molecular formula is C22H38IN5OS. The zero-order chi connectivity index (χ0) is 20.1. The fraction of sp³-hybridized carbons (Fsp3) is 0.773. The molecule has 1 aromatic heterocycles. The van der Waals surface area contributed by atoms with Gasteiger partial charge in [0.15, 0.2) is 5.96 Å². The van der Waals surface area contributed by atoms with Gasteiger partial charge in [0, 0.05) is 43.1 Å². The van der Waals surface area contributed by atoms with Crippen molar-refractivity contribution in [2.75, 3.05) is 52.9 Å². The highest BCUT2D eigenvalue weighted by molar-refractivity contribution is 14.0. The Bertz CT molecular complexity index is 658. The van der Waals surface area contributed by atoms with Crippen molar-refractivity contribution in [3.8, 4) is 0 Å². The monoisotopic (exact) mass is 547 g/mol. The first-order valence-corrected chi connectivity index (χ1v) is 12.2. The van der Waals surface area contributed by atoms with Gasteiger partial charge in [0.1, 0.15) is 0 Å². The summed E-state index contributed by atoms with van der Waals surface area (Å²) in [5.41, 5.74) is 0. The van der Waals surface area contributed by atoms with E-state index >= 15 is 0 Å². The van der Waals surface area contributed by atoms with Gasteiger partial charge in [0.05, 0.1) is 12.7 Å². The van der Waals surface area contributed by atoms with Crippen molar-refractivity contribution in [3.63, 3.8) is 0 Å². The third-order valence-corrected chi connectivity index (χ3v) is 7.57. The number of rotatable bonds is 6. The molecule has 170 valence electrons. The van der Waals surface area contributed by atoms with Crippen LogP contribution in [0.1, 0.15) is 43.5 Å². The number of nitrogens with one attached hydrogen (secondary N) is 2. The molecule has 0 bridgehead atoms. The Hall–Kier alpha value is -0.420. The van der Waals surface area contributed by atoms with Gasteiger partial charge >= 0.3 is 0 Å². The summed E-state index contributed by atoms with van der Waals surface area (Å²) in [5, 5.41) is 9.17. The molecule has 3 aliphatic heterocycles. The lowest BCUT2D eigenvalue weighted by atomic mass is 9.88. The summed E-state index contributed by atoms with van der Waals surface area (Å²) in [7, 11) is 2.26. The van der Waals surface area contributed by atoms with E-state index in [1.54, 1.807) is 0 Å². The zero-order valence-electron chi connectivity index (χ0n) is 18.4. The first kappa shape index (κ1) is 24.2. The summed E-state index contributed by atoms with van der Waals surface area (Å²) in [4.78, 5) is 11.6. The van der Waals surface area contributed by atoms with Crippen molar-refractivity contribution in [1.29, 1.82) is 0 Å². The second kappa shape index (κ2) is 12.0. The molecular weight excluding hydrogens is 509 g/mol. The van der Waals surface area contributed by atoms with Crippen molar-refractivity contribution < 1.29 is 4.74 Å². The molecule has 0 spiro atoms. The summed E-state index contributed by atoms with van der Waals surface area (Å²) < 4.78 is 6.10. The predicted octanol–water partition coefficient (Wildman–Crippen LogP) is 3.17. The van der Waals surface area contributed by atoms with Gasteiger partial charge in [-0.3, -0.25) is 14.8 Å². The molecule has 6 nitrogen and oxygen atoms in total.